The summed E-state index contributed by atoms with van der Waals surface area (Å²) in [7, 11) is 0. The number of pyridine rings is 1. The number of rotatable bonds is 4. The van der Waals surface area contributed by atoms with E-state index in [0.29, 0.717) is 0 Å². The molecule has 0 bridgehead atoms. The number of thioether (sulfide) groups is 1. The second-order valence-corrected chi connectivity index (χ2v) is 4.36. The van der Waals surface area contributed by atoms with Gasteiger partial charge in [-0.25, -0.2) is 4.98 Å². The minimum Gasteiger partial charge on any atom is -0.392 e. The van der Waals surface area contributed by atoms with Crippen molar-refractivity contribution in [1.29, 1.82) is 0 Å². The summed E-state index contributed by atoms with van der Waals surface area (Å²) in [6, 6.07) is 14.0. The smallest absolute Gasteiger partial charge is 0.102 e. The van der Waals surface area contributed by atoms with Gasteiger partial charge in [0.15, 0.2) is 0 Å². The van der Waals surface area contributed by atoms with Crippen LogP contribution in [0.2, 0.25) is 0 Å². The molecule has 1 heterocycles. The van der Waals surface area contributed by atoms with Crippen LogP contribution >= 0.6 is 11.8 Å². The van der Waals surface area contributed by atoms with E-state index in [1.807, 2.05) is 30.3 Å². The third-order valence-electron chi connectivity index (χ3n) is 2.24. The van der Waals surface area contributed by atoms with Crippen LogP contribution in [0.4, 0.5) is 0 Å². The monoisotopic (exact) mass is 231 g/mol. The number of hydrogen-bond acceptors (Lipinski definition) is 3. The molecular weight excluding hydrogens is 218 g/mol. The largest absolute Gasteiger partial charge is 0.392 e. The van der Waals surface area contributed by atoms with Gasteiger partial charge in [-0.3, -0.25) is 0 Å². The average molecular weight is 231 g/mol. The van der Waals surface area contributed by atoms with Crippen molar-refractivity contribution in [3.63, 3.8) is 0 Å². The average Bonchev–Trinajstić information content (AvgIpc) is 2.38. The van der Waals surface area contributed by atoms with E-state index in [-0.39, 0.29) is 6.61 Å². The highest BCUT2D eigenvalue weighted by Gasteiger charge is 2.02. The molecular formula is C13H13NOS. The Bertz CT molecular complexity index is 445. The molecule has 0 spiro atoms. The number of benzene rings is 1. The minimum absolute atomic E-state index is 0.0466. The van der Waals surface area contributed by atoms with Crippen LogP contribution in [0.5, 0.6) is 0 Å². The molecule has 0 saturated heterocycles. The Morgan fingerprint density at radius 2 is 1.88 bits per heavy atom. The Balaban J connectivity index is 2.05. The molecule has 2 nitrogen and oxygen atoms in total. The molecule has 82 valence electrons. The Morgan fingerprint density at radius 3 is 2.62 bits per heavy atom. The van der Waals surface area contributed by atoms with Gasteiger partial charge in [0, 0.05) is 17.5 Å². The number of aliphatic hydroxyl groups is 1. The van der Waals surface area contributed by atoms with Crippen molar-refractivity contribution in [3.8, 4) is 0 Å². The summed E-state index contributed by atoms with van der Waals surface area (Å²) in [6.45, 7) is 0.0466. The van der Waals surface area contributed by atoms with Crippen LogP contribution in [0.3, 0.4) is 0 Å². The summed E-state index contributed by atoms with van der Waals surface area (Å²) in [6.07, 6.45) is 1.76. The zero-order chi connectivity index (χ0) is 11.2. The highest BCUT2D eigenvalue weighted by molar-refractivity contribution is 7.98. The van der Waals surface area contributed by atoms with Gasteiger partial charge < -0.3 is 5.11 Å². The van der Waals surface area contributed by atoms with E-state index in [9.17, 15) is 0 Å². The van der Waals surface area contributed by atoms with E-state index in [0.717, 1.165) is 16.3 Å². The fraction of sp³-hybridized carbons (Fsp3) is 0.154. The Hall–Kier alpha value is -1.32. The molecule has 0 fully saturated rings. The molecule has 0 aliphatic rings. The van der Waals surface area contributed by atoms with Crippen LogP contribution in [-0.2, 0) is 12.4 Å². The maximum Gasteiger partial charge on any atom is 0.102 e. The maximum atomic E-state index is 9.16. The number of nitrogens with zero attached hydrogens (tertiary/aromatic N) is 1. The lowest BCUT2D eigenvalue weighted by atomic mass is 10.2. The molecule has 1 aromatic heterocycles. The zero-order valence-corrected chi connectivity index (χ0v) is 9.65. The lowest BCUT2D eigenvalue weighted by Crippen LogP contribution is -1.91. The van der Waals surface area contributed by atoms with Gasteiger partial charge in [0.05, 0.1) is 6.61 Å². The van der Waals surface area contributed by atoms with Crippen molar-refractivity contribution < 1.29 is 5.11 Å². The molecule has 1 N–H and O–H groups in total. The molecule has 2 rings (SSSR count). The summed E-state index contributed by atoms with van der Waals surface area (Å²) in [5.74, 6) is 0.880. The first-order chi connectivity index (χ1) is 7.90. The number of hydrogen-bond donors (Lipinski definition) is 1. The SMILES string of the molecule is OCc1cccnc1SCc1ccccc1. The van der Waals surface area contributed by atoms with Crippen molar-refractivity contribution >= 4 is 11.8 Å². The van der Waals surface area contributed by atoms with Crippen LogP contribution in [0.1, 0.15) is 11.1 Å². The normalized spacial score (nSPS) is 10.3. The van der Waals surface area contributed by atoms with Crippen LogP contribution in [0.25, 0.3) is 0 Å². The van der Waals surface area contributed by atoms with Gasteiger partial charge in [0.1, 0.15) is 5.03 Å². The van der Waals surface area contributed by atoms with Crippen molar-refractivity contribution in [2.45, 2.75) is 17.4 Å². The predicted molar refractivity (Wildman–Crippen MR) is 66.2 cm³/mol. The Morgan fingerprint density at radius 1 is 1.06 bits per heavy atom. The second-order valence-electron chi connectivity index (χ2n) is 3.40. The van der Waals surface area contributed by atoms with Crippen LogP contribution in [0, 0.1) is 0 Å². The van der Waals surface area contributed by atoms with Gasteiger partial charge in [-0.05, 0) is 11.6 Å². The predicted octanol–water partition coefficient (Wildman–Crippen LogP) is 2.87. The zero-order valence-electron chi connectivity index (χ0n) is 8.84. The number of aliphatic hydroxyl groups excluding tert-OH is 1. The molecule has 2 aromatic rings. The summed E-state index contributed by atoms with van der Waals surface area (Å²) >= 11 is 1.65. The summed E-state index contributed by atoms with van der Waals surface area (Å²) in [5.41, 5.74) is 2.16. The highest BCUT2D eigenvalue weighted by Crippen LogP contribution is 2.23. The van der Waals surface area contributed by atoms with Crippen molar-refractivity contribution in [2.75, 3.05) is 0 Å². The molecule has 0 aliphatic carbocycles. The Kier molecular flexibility index (Phi) is 3.97. The van der Waals surface area contributed by atoms with E-state index < -0.39 is 0 Å². The summed E-state index contributed by atoms with van der Waals surface area (Å²) in [4.78, 5) is 4.27. The molecule has 0 unspecified atom stereocenters. The van der Waals surface area contributed by atoms with Crippen LogP contribution in [-0.4, -0.2) is 10.1 Å². The van der Waals surface area contributed by atoms with Gasteiger partial charge >= 0.3 is 0 Å². The first-order valence-corrected chi connectivity index (χ1v) is 6.10. The molecule has 0 atom stereocenters. The van der Waals surface area contributed by atoms with Crippen LogP contribution in [0.15, 0.2) is 53.7 Å². The van der Waals surface area contributed by atoms with Gasteiger partial charge in [0.2, 0.25) is 0 Å². The first kappa shape index (κ1) is 11.2. The molecule has 3 heteroatoms. The third kappa shape index (κ3) is 2.84. The molecule has 0 amide bonds. The summed E-state index contributed by atoms with van der Waals surface area (Å²) < 4.78 is 0. The second kappa shape index (κ2) is 5.68. The van der Waals surface area contributed by atoms with E-state index in [4.69, 9.17) is 5.11 Å². The lowest BCUT2D eigenvalue weighted by Gasteiger charge is -2.05. The van der Waals surface area contributed by atoms with Gasteiger partial charge in [-0.1, -0.05) is 36.4 Å². The fourth-order valence-corrected chi connectivity index (χ4v) is 2.35. The molecule has 16 heavy (non-hydrogen) atoms. The molecule has 0 saturated carbocycles. The van der Waals surface area contributed by atoms with Crippen molar-refractivity contribution in [1.82, 2.24) is 4.98 Å². The molecule has 0 aliphatic heterocycles. The van der Waals surface area contributed by atoms with E-state index >= 15 is 0 Å². The standard InChI is InChI=1S/C13H13NOS/c15-9-12-7-4-8-14-13(12)16-10-11-5-2-1-3-6-11/h1-8,15H,9-10H2. The topological polar surface area (TPSA) is 33.1 Å². The Labute approximate surface area is 99.4 Å². The van der Waals surface area contributed by atoms with E-state index in [1.54, 1.807) is 18.0 Å². The van der Waals surface area contributed by atoms with Gasteiger partial charge in [-0.2, -0.15) is 0 Å². The highest BCUT2D eigenvalue weighted by atomic mass is 32.2. The van der Waals surface area contributed by atoms with Gasteiger partial charge in [-0.15, -0.1) is 11.8 Å². The van der Waals surface area contributed by atoms with E-state index in [2.05, 4.69) is 17.1 Å². The minimum atomic E-state index is 0.0466. The van der Waals surface area contributed by atoms with Crippen molar-refractivity contribution in [2.24, 2.45) is 0 Å². The molecule has 1 aromatic carbocycles. The van der Waals surface area contributed by atoms with Crippen LogP contribution < -0.4 is 0 Å². The number of aromatic nitrogens is 1. The molecule has 0 radical (unpaired) electrons. The maximum absolute atomic E-state index is 9.16. The van der Waals surface area contributed by atoms with Gasteiger partial charge in [0.25, 0.3) is 0 Å². The third-order valence-corrected chi connectivity index (χ3v) is 3.36. The first-order valence-electron chi connectivity index (χ1n) is 5.11. The quantitative estimate of drug-likeness (QED) is 0.821. The summed E-state index contributed by atoms with van der Waals surface area (Å²) in [5, 5.41) is 10.1. The fourth-order valence-electron chi connectivity index (χ4n) is 1.40. The lowest BCUT2D eigenvalue weighted by molar-refractivity contribution is 0.278. The van der Waals surface area contributed by atoms with E-state index in [1.165, 1.54) is 5.56 Å². The van der Waals surface area contributed by atoms with Crippen molar-refractivity contribution in [3.05, 3.63) is 59.8 Å².